The van der Waals surface area contributed by atoms with Gasteiger partial charge in [0.05, 0.1) is 11.6 Å². The third-order valence-electron chi connectivity index (χ3n) is 6.93. The quantitative estimate of drug-likeness (QED) is 0.405. The summed E-state index contributed by atoms with van der Waals surface area (Å²) in [6.45, 7) is 9.66. The number of aromatic nitrogens is 1. The maximum Gasteiger partial charge on any atom is 0.251 e. The van der Waals surface area contributed by atoms with Crippen molar-refractivity contribution < 1.29 is 9.47 Å². The highest BCUT2D eigenvalue weighted by Gasteiger charge is 2.26. The molecule has 34 heavy (non-hydrogen) atoms. The van der Waals surface area contributed by atoms with Crippen molar-refractivity contribution in [3.05, 3.63) is 68.6 Å². The summed E-state index contributed by atoms with van der Waals surface area (Å²) in [6.07, 6.45) is 7.42. The van der Waals surface area contributed by atoms with Gasteiger partial charge in [0.25, 0.3) is 5.56 Å². The van der Waals surface area contributed by atoms with E-state index < -0.39 is 0 Å². The second-order valence-electron chi connectivity index (χ2n) is 9.33. The van der Waals surface area contributed by atoms with Crippen LogP contribution in [0.15, 0.2) is 41.2 Å². The first-order valence-corrected chi connectivity index (χ1v) is 13.1. The van der Waals surface area contributed by atoms with E-state index in [0.717, 1.165) is 87.3 Å². The first kappa shape index (κ1) is 25.0. The van der Waals surface area contributed by atoms with E-state index in [1.807, 2.05) is 30.3 Å². The fourth-order valence-corrected chi connectivity index (χ4v) is 4.85. The van der Waals surface area contributed by atoms with E-state index in [1.165, 1.54) is 0 Å². The molecule has 6 heteroatoms. The number of benzene rings is 1. The van der Waals surface area contributed by atoms with Gasteiger partial charge in [-0.25, -0.2) is 0 Å². The van der Waals surface area contributed by atoms with Crippen LogP contribution in [0, 0.1) is 5.92 Å². The van der Waals surface area contributed by atoms with Gasteiger partial charge in [-0.15, -0.1) is 0 Å². The SMILES string of the molecule is CCN(CC)CCCOc1ccc(/C(=C/C2CCOCC2)c2ccc(C3CC3)c(=O)[nH]2)cc1Cl. The molecule has 0 unspecified atom stereocenters. The van der Waals surface area contributed by atoms with Crippen LogP contribution >= 0.6 is 11.6 Å². The number of H-pyrrole nitrogens is 1. The predicted molar refractivity (Wildman–Crippen MR) is 139 cm³/mol. The normalized spacial score (nSPS) is 17.4. The van der Waals surface area contributed by atoms with E-state index in [4.69, 9.17) is 21.1 Å². The fraction of sp³-hybridized carbons (Fsp3) is 0.536. The maximum atomic E-state index is 12.8. The van der Waals surface area contributed by atoms with Gasteiger partial charge >= 0.3 is 0 Å². The Balaban J connectivity index is 1.54. The van der Waals surface area contributed by atoms with Crippen molar-refractivity contribution >= 4 is 17.2 Å². The Morgan fingerprint density at radius 1 is 1.15 bits per heavy atom. The monoisotopic (exact) mass is 484 g/mol. The topological polar surface area (TPSA) is 54.6 Å². The number of nitrogens with one attached hydrogen (secondary N) is 1. The molecule has 1 aromatic heterocycles. The highest BCUT2D eigenvalue weighted by Crippen LogP contribution is 2.39. The number of hydrogen-bond acceptors (Lipinski definition) is 4. The number of hydrogen-bond donors (Lipinski definition) is 1. The molecular formula is C28H37ClN2O3. The molecule has 1 saturated carbocycles. The Morgan fingerprint density at radius 3 is 2.56 bits per heavy atom. The van der Waals surface area contributed by atoms with E-state index >= 15 is 0 Å². The van der Waals surface area contributed by atoms with Crippen molar-refractivity contribution in [2.45, 2.75) is 51.9 Å². The van der Waals surface area contributed by atoms with Crippen LogP contribution in [0.4, 0.5) is 0 Å². The minimum absolute atomic E-state index is 0.0251. The Kier molecular flexibility index (Phi) is 8.87. The molecule has 5 nitrogen and oxygen atoms in total. The van der Waals surface area contributed by atoms with E-state index in [0.29, 0.717) is 29.2 Å². The summed E-state index contributed by atoms with van der Waals surface area (Å²) in [5, 5.41) is 0.593. The van der Waals surface area contributed by atoms with E-state index in [9.17, 15) is 4.79 Å². The van der Waals surface area contributed by atoms with Crippen LogP contribution in [0.25, 0.3) is 5.57 Å². The Hall–Kier alpha value is -2.08. The van der Waals surface area contributed by atoms with E-state index in [1.54, 1.807) is 0 Å². The lowest BCUT2D eigenvalue weighted by atomic mass is 9.92. The highest BCUT2D eigenvalue weighted by atomic mass is 35.5. The van der Waals surface area contributed by atoms with E-state index in [-0.39, 0.29) is 5.56 Å². The third-order valence-corrected chi connectivity index (χ3v) is 7.22. The van der Waals surface area contributed by atoms with Crippen molar-refractivity contribution in [3.63, 3.8) is 0 Å². The van der Waals surface area contributed by atoms with Gasteiger partial charge in [-0.3, -0.25) is 4.79 Å². The zero-order chi connectivity index (χ0) is 23.9. The number of ether oxygens (including phenoxy) is 2. The van der Waals surface area contributed by atoms with Crippen molar-refractivity contribution in [2.75, 3.05) is 39.5 Å². The summed E-state index contributed by atoms with van der Waals surface area (Å²) < 4.78 is 11.5. The van der Waals surface area contributed by atoms with Gasteiger partial charge in [0.1, 0.15) is 5.75 Å². The van der Waals surface area contributed by atoms with Gasteiger partial charge in [-0.1, -0.05) is 43.7 Å². The smallest absolute Gasteiger partial charge is 0.251 e. The molecule has 1 N–H and O–H groups in total. The summed E-state index contributed by atoms with van der Waals surface area (Å²) in [5.41, 5.74) is 3.77. The van der Waals surface area contributed by atoms with Crippen molar-refractivity contribution in [2.24, 2.45) is 5.92 Å². The van der Waals surface area contributed by atoms with Gasteiger partial charge in [-0.2, -0.15) is 0 Å². The largest absolute Gasteiger partial charge is 0.492 e. The van der Waals surface area contributed by atoms with Crippen LogP contribution in [-0.4, -0.2) is 49.3 Å². The van der Waals surface area contributed by atoms with Crippen molar-refractivity contribution in [3.8, 4) is 5.75 Å². The average Bonchev–Trinajstić information content (AvgIpc) is 3.69. The Labute approximate surface area is 208 Å². The predicted octanol–water partition coefficient (Wildman–Crippen LogP) is 5.87. The molecule has 4 rings (SSSR count). The molecule has 1 aliphatic heterocycles. The van der Waals surface area contributed by atoms with Gasteiger partial charge in [0, 0.05) is 36.6 Å². The number of rotatable bonds is 11. The first-order chi connectivity index (χ1) is 16.6. The summed E-state index contributed by atoms with van der Waals surface area (Å²) in [4.78, 5) is 18.3. The number of halogens is 1. The minimum Gasteiger partial charge on any atom is -0.492 e. The lowest BCUT2D eigenvalue weighted by Gasteiger charge is -2.21. The summed E-state index contributed by atoms with van der Waals surface area (Å²) in [7, 11) is 0. The molecule has 2 fully saturated rings. The third kappa shape index (κ3) is 6.53. The highest BCUT2D eigenvalue weighted by molar-refractivity contribution is 6.32. The molecule has 0 spiro atoms. The molecule has 0 radical (unpaired) electrons. The van der Waals surface area contributed by atoms with Crippen LogP contribution in [0.5, 0.6) is 5.75 Å². The lowest BCUT2D eigenvalue weighted by molar-refractivity contribution is 0.0786. The van der Waals surface area contributed by atoms with Crippen molar-refractivity contribution in [1.29, 1.82) is 0 Å². The average molecular weight is 485 g/mol. The summed E-state index contributed by atoms with van der Waals surface area (Å²) in [5.74, 6) is 1.53. The van der Waals surface area contributed by atoms with Crippen molar-refractivity contribution in [1.82, 2.24) is 9.88 Å². The zero-order valence-corrected chi connectivity index (χ0v) is 21.2. The summed E-state index contributed by atoms with van der Waals surface area (Å²) >= 11 is 6.65. The molecule has 0 amide bonds. The number of allylic oxidation sites excluding steroid dienone is 1. The molecule has 184 valence electrons. The van der Waals surface area contributed by atoms with Gasteiger partial charge in [-0.05, 0) is 80.8 Å². The standard InChI is InChI=1S/C28H37ClN2O3/c1-3-31(4-2)14-5-15-34-27-11-8-22(19-25(27)29)24(18-20-12-16-33-17-13-20)26-10-9-23(21-6-7-21)28(32)30-26/h8-11,18-21H,3-7,12-17H2,1-2H3,(H,30,32)/b24-18-. The maximum absolute atomic E-state index is 12.8. The van der Waals surface area contributed by atoms with Gasteiger partial charge in [0.15, 0.2) is 0 Å². The molecule has 1 aliphatic carbocycles. The molecule has 2 heterocycles. The molecule has 2 aliphatic rings. The van der Waals surface area contributed by atoms with Gasteiger partial charge in [0.2, 0.25) is 0 Å². The molecule has 2 aromatic rings. The second-order valence-corrected chi connectivity index (χ2v) is 9.74. The Bertz CT molecular complexity index is 1030. The summed E-state index contributed by atoms with van der Waals surface area (Å²) in [6, 6.07) is 10.00. The van der Waals surface area contributed by atoms with Gasteiger partial charge < -0.3 is 19.4 Å². The van der Waals surface area contributed by atoms with Crippen LogP contribution < -0.4 is 10.3 Å². The number of pyridine rings is 1. The lowest BCUT2D eigenvalue weighted by Crippen LogP contribution is -2.25. The first-order valence-electron chi connectivity index (χ1n) is 12.8. The van der Waals surface area contributed by atoms with Crippen LogP contribution in [0.2, 0.25) is 5.02 Å². The van der Waals surface area contributed by atoms with Crippen LogP contribution in [-0.2, 0) is 4.74 Å². The van der Waals surface area contributed by atoms with Crippen LogP contribution in [0.3, 0.4) is 0 Å². The molecule has 0 bridgehead atoms. The second kappa shape index (κ2) is 12.1. The van der Waals surface area contributed by atoms with E-state index in [2.05, 4.69) is 29.8 Å². The molecular weight excluding hydrogens is 448 g/mol. The Morgan fingerprint density at radius 2 is 1.91 bits per heavy atom. The number of aromatic amines is 1. The molecule has 0 atom stereocenters. The van der Waals surface area contributed by atoms with Crippen LogP contribution in [0.1, 0.15) is 68.7 Å². The molecule has 1 saturated heterocycles. The minimum atomic E-state index is 0.0251. The number of nitrogens with zero attached hydrogens (tertiary/aromatic N) is 1. The fourth-order valence-electron chi connectivity index (χ4n) is 4.61. The molecule has 1 aromatic carbocycles. The zero-order valence-electron chi connectivity index (χ0n) is 20.4.